The van der Waals surface area contributed by atoms with Crippen molar-refractivity contribution in [2.45, 2.75) is 32.8 Å². The summed E-state index contributed by atoms with van der Waals surface area (Å²) < 4.78 is 6.20. The molecule has 1 saturated heterocycles. The van der Waals surface area contributed by atoms with Crippen molar-refractivity contribution in [3.63, 3.8) is 0 Å². The second-order valence-corrected chi connectivity index (χ2v) is 6.43. The number of aromatic nitrogens is 2. The van der Waals surface area contributed by atoms with Crippen LogP contribution in [0, 0.1) is 13.8 Å². The molecule has 0 atom stereocenters. The standard InChI is InChI=1S/C19H24N4O2/c1-13-4-5-14(2)17(12-13)25-15-8-10-23(11-9-15)18-7-6-16(21-22-18)19(24)20-3/h4-7,12,15H,8-11H2,1-3H3,(H,20,24). The first-order valence-corrected chi connectivity index (χ1v) is 8.61. The van der Waals surface area contributed by atoms with Gasteiger partial charge in [-0.05, 0) is 43.2 Å². The average Bonchev–Trinajstić information content (AvgIpc) is 2.65. The minimum absolute atomic E-state index is 0.217. The van der Waals surface area contributed by atoms with Crippen molar-refractivity contribution in [3.8, 4) is 5.75 Å². The van der Waals surface area contributed by atoms with E-state index in [0.717, 1.165) is 37.5 Å². The molecule has 2 heterocycles. The van der Waals surface area contributed by atoms with Crippen LogP contribution in [-0.2, 0) is 0 Å². The lowest BCUT2D eigenvalue weighted by Crippen LogP contribution is -2.39. The van der Waals surface area contributed by atoms with Gasteiger partial charge in [0, 0.05) is 33.0 Å². The minimum Gasteiger partial charge on any atom is -0.490 e. The summed E-state index contributed by atoms with van der Waals surface area (Å²) in [5.74, 6) is 1.56. The average molecular weight is 340 g/mol. The molecule has 25 heavy (non-hydrogen) atoms. The molecular formula is C19H24N4O2. The predicted octanol–water partition coefficient (Wildman–Crippen LogP) is 2.50. The highest BCUT2D eigenvalue weighted by Crippen LogP contribution is 2.25. The number of piperidine rings is 1. The van der Waals surface area contributed by atoms with E-state index in [4.69, 9.17) is 4.74 Å². The molecule has 1 aromatic carbocycles. The summed E-state index contributed by atoms with van der Waals surface area (Å²) in [4.78, 5) is 13.7. The maximum atomic E-state index is 11.5. The summed E-state index contributed by atoms with van der Waals surface area (Å²) in [5, 5.41) is 10.7. The number of carbonyl (C=O) groups is 1. The summed E-state index contributed by atoms with van der Waals surface area (Å²) in [7, 11) is 1.58. The molecule has 0 radical (unpaired) electrons. The van der Waals surface area contributed by atoms with E-state index >= 15 is 0 Å². The Bertz CT molecular complexity index is 738. The zero-order valence-electron chi connectivity index (χ0n) is 15.0. The Morgan fingerprint density at radius 2 is 1.92 bits per heavy atom. The van der Waals surface area contributed by atoms with Crippen LogP contribution in [0.5, 0.6) is 5.75 Å². The van der Waals surface area contributed by atoms with E-state index in [2.05, 4.69) is 52.5 Å². The molecule has 1 amide bonds. The van der Waals surface area contributed by atoms with Crippen LogP contribution < -0.4 is 15.0 Å². The molecule has 1 N–H and O–H groups in total. The molecule has 0 aliphatic carbocycles. The first kappa shape index (κ1) is 17.2. The van der Waals surface area contributed by atoms with Gasteiger partial charge >= 0.3 is 0 Å². The Morgan fingerprint density at radius 1 is 1.16 bits per heavy atom. The fraction of sp³-hybridized carbons (Fsp3) is 0.421. The van der Waals surface area contributed by atoms with Crippen LogP contribution in [0.25, 0.3) is 0 Å². The summed E-state index contributed by atoms with van der Waals surface area (Å²) >= 11 is 0. The second kappa shape index (κ2) is 7.51. The minimum atomic E-state index is -0.223. The Balaban J connectivity index is 1.58. The van der Waals surface area contributed by atoms with E-state index in [-0.39, 0.29) is 12.0 Å². The molecular weight excluding hydrogens is 316 g/mol. The molecule has 0 bridgehead atoms. The van der Waals surface area contributed by atoms with E-state index in [9.17, 15) is 4.79 Å². The second-order valence-electron chi connectivity index (χ2n) is 6.43. The maximum Gasteiger partial charge on any atom is 0.271 e. The molecule has 1 aliphatic rings. The summed E-state index contributed by atoms with van der Waals surface area (Å²) in [6.07, 6.45) is 2.09. The molecule has 1 fully saturated rings. The quantitative estimate of drug-likeness (QED) is 0.926. The highest BCUT2D eigenvalue weighted by atomic mass is 16.5. The van der Waals surface area contributed by atoms with Gasteiger partial charge in [0.1, 0.15) is 11.9 Å². The molecule has 1 aromatic heterocycles. The molecule has 3 rings (SSSR count). The van der Waals surface area contributed by atoms with Gasteiger partial charge in [0.25, 0.3) is 5.91 Å². The summed E-state index contributed by atoms with van der Waals surface area (Å²) in [5.41, 5.74) is 2.72. The molecule has 0 saturated carbocycles. The zero-order chi connectivity index (χ0) is 17.8. The van der Waals surface area contributed by atoms with Crippen molar-refractivity contribution < 1.29 is 9.53 Å². The number of hydrogen-bond donors (Lipinski definition) is 1. The van der Waals surface area contributed by atoms with Crippen LogP contribution >= 0.6 is 0 Å². The fourth-order valence-electron chi connectivity index (χ4n) is 2.96. The Labute approximate surface area is 148 Å². The SMILES string of the molecule is CNC(=O)c1ccc(N2CCC(Oc3cc(C)ccc3C)CC2)nn1. The van der Waals surface area contributed by atoms with Crippen LogP contribution in [0.3, 0.4) is 0 Å². The molecule has 6 heteroatoms. The molecule has 132 valence electrons. The van der Waals surface area contributed by atoms with E-state index in [1.807, 2.05) is 6.07 Å². The number of amides is 1. The maximum absolute atomic E-state index is 11.5. The first-order valence-electron chi connectivity index (χ1n) is 8.61. The fourth-order valence-corrected chi connectivity index (χ4v) is 2.96. The van der Waals surface area contributed by atoms with Crippen molar-refractivity contribution in [2.75, 3.05) is 25.0 Å². The van der Waals surface area contributed by atoms with Crippen molar-refractivity contribution in [2.24, 2.45) is 0 Å². The third-order valence-corrected chi connectivity index (χ3v) is 4.51. The van der Waals surface area contributed by atoms with Gasteiger partial charge in [-0.15, -0.1) is 10.2 Å². The zero-order valence-corrected chi connectivity index (χ0v) is 15.0. The predicted molar refractivity (Wildman–Crippen MR) is 97.2 cm³/mol. The first-order chi connectivity index (χ1) is 12.1. The van der Waals surface area contributed by atoms with Crippen molar-refractivity contribution in [1.29, 1.82) is 0 Å². The largest absolute Gasteiger partial charge is 0.490 e. The van der Waals surface area contributed by atoms with E-state index in [0.29, 0.717) is 5.69 Å². The van der Waals surface area contributed by atoms with Gasteiger partial charge in [0.2, 0.25) is 0 Å². The highest BCUT2D eigenvalue weighted by molar-refractivity contribution is 5.91. The highest BCUT2D eigenvalue weighted by Gasteiger charge is 2.22. The molecule has 0 unspecified atom stereocenters. The lowest BCUT2D eigenvalue weighted by atomic mass is 10.1. The molecule has 0 spiro atoms. The third kappa shape index (κ3) is 4.07. The van der Waals surface area contributed by atoms with Gasteiger partial charge in [-0.3, -0.25) is 4.79 Å². The van der Waals surface area contributed by atoms with Gasteiger partial charge in [0.15, 0.2) is 11.5 Å². The topological polar surface area (TPSA) is 67.4 Å². The van der Waals surface area contributed by atoms with Crippen LogP contribution in [-0.4, -0.2) is 42.3 Å². The van der Waals surface area contributed by atoms with E-state index < -0.39 is 0 Å². The Morgan fingerprint density at radius 3 is 2.56 bits per heavy atom. The van der Waals surface area contributed by atoms with E-state index in [1.54, 1.807) is 13.1 Å². The van der Waals surface area contributed by atoms with Gasteiger partial charge in [0.05, 0.1) is 0 Å². The number of anilines is 1. The van der Waals surface area contributed by atoms with Crippen molar-refractivity contribution in [3.05, 3.63) is 47.2 Å². The number of carbonyl (C=O) groups excluding carboxylic acids is 1. The number of ether oxygens (including phenoxy) is 1. The number of nitrogens with one attached hydrogen (secondary N) is 1. The number of rotatable bonds is 4. The monoisotopic (exact) mass is 340 g/mol. The van der Waals surface area contributed by atoms with Gasteiger partial charge in [-0.25, -0.2) is 0 Å². The number of nitrogens with zero attached hydrogens (tertiary/aromatic N) is 3. The van der Waals surface area contributed by atoms with Crippen molar-refractivity contribution >= 4 is 11.7 Å². The van der Waals surface area contributed by atoms with Gasteiger partial charge in [-0.2, -0.15) is 0 Å². The third-order valence-electron chi connectivity index (χ3n) is 4.51. The molecule has 6 nitrogen and oxygen atoms in total. The smallest absolute Gasteiger partial charge is 0.271 e. The van der Waals surface area contributed by atoms with E-state index in [1.165, 1.54) is 11.1 Å². The number of benzene rings is 1. The number of aryl methyl sites for hydroxylation is 2. The van der Waals surface area contributed by atoms with Crippen molar-refractivity contribution in [1.82, 2.24) is 15.5 Å². The van der Waals surface area contributed by atoms with Crippen LogP contribution in [0.4, 0.5) is 5.82 Å². The Kier molecular flexibility index (Phi) is 5.16. The van der Waals surface area contributed by atoms with Gasteiger partial charge in [-0.1, -0.05) is 12.1 Å². The summed E-state index contributed by atoms with van der Waals surface area (Å²) in [6, 6.07) is 9.86. The van der Waals surface area contributed by atoms with Gasteiger partial charge < -0.3 is 15.0 Å². The van der Waals surface area contributed by atoms with Crippen LogP contribution in [0.2, 0.25) is 0 Å². The molecule has 2 aromatic rings. The lowest BCUT2D eigenvalue weighted by Gasteiger charge is -2.33. The summed E-state index contributed by atoms with van der Waals surface area (Å²) in [6.45, 7) is 5.89. The Hall–Kier alpha value is -2.63. The van der Waals surface area contributed by atoms with Crippen LogP contribution in [0.15, 0.2) is 30.3 Å². The normalized spacial score (nSPS) is 15.1. The van der Waals surface area contributed by atoms with Crippen LogP contribution in [0.1, 0.15) is 34.5 Å². The lowest BCUT2D eigenvalue weighted by molar-refractivity contribution is 0.0957. The number of hydrogen-bond acceptors (Lipinski definition) is 5. The molecule has 1 aliphatic heterocycles.